The van der Waals surface area contributed by atoms with Crippen LogP contribution in [0, 0.1) is 22.7 Å². The number of rotatable bonds is 8. The van der Waals surface area contributed by atoms with E-state index in [1.165, 1.54) is 33.4 Å². The predicted octanol–water partition coefficient (Wildman–Crippen LogP) is 9.99. The summed E-state index contributed by atoms with van der Waals surface area (Å²) >= 11 is 0. The summed E-state index contributed by atoms with van der Waals surface area (Å²) in [4.78, 5) is 0. The first-order valence-electron chi connectivity index (χ1n) is 15.3. The van der Waals surface area contributed by atoms with Crippen LogP contribution in [-0.4, -0.2) is 22.4 Å². The lowest BCUT2D eigenvalue weighted by atomic mass is 9.71. The summed E-state index contributed by atoms with van der Waals surface area (Å²) in [6, 6.07) is 0. The monoisotopic (exact) mass is 566 g/mol. The van der Waals surface area contributed by atoms with Crippen molar-refractivity contribution in [3.05, 3.63) is 117 Å². The van der Waals surface area contributed by atoms with E-state index in [4.69, 9.17) is 0 Å². The van der Waals surface area contributed by atoms with E-state index in [2.05, 4.69) is 135 Å². The van der Waals surface area contributed by atoms with Gasteiger partial charge in [-0.3, -0.25) is 0 Å². The van der Waals surface area contributed by atoms with Crippen LogP contribution >= 0.6 is 0 Å². The molecule has 0 fully saturated rings. The summed E-state index contributed by atoms with van der Waals surface area (Å²) in [5.74, 6) is 6.68. The maximum absolute atomic E-state index is 10.1. The minimum absolute atomic E-state index is 0.00283. The summed E-state index contributed by atoms with van der Waals surface area (Å²) < 4.78 is 0. The molecule has 0 saturated carbocycles. The zero-order chi connectivity index (χ0) is 31.5. The Bertz CT molecular complexity index is 1340. The van der Waals surface area contributed by atoms with Crippen molar-refractivity contribution in [2.24, 2.45) is 10.8 Å². The second-order valence-corrected chi connectivity index (χ2v) is 13.5. The Morgan fingerprint density at radius 3 is 1.69 bits per heavy atom. The Hall–Kier alpha value is -3.12. The topological polar surface area (TPSA) is 40.5 Å². The van der Waals surface area contributed by atoms with Crippen LogP contribution in [0.5, 0.6) is 0 Å². The average molecular weight is 567 g/mol. The van der Waals surface area contributed by atoms with E-state index in [0.717, 1.165) is 36.8 Å². The number of aliphatic hydroxyl groups is 2. The van der Waals surface area contributed by atoms with Gasteiger partial charge < -0.3 is 10.2 Å². The van der Waals surface area contributed by atoms with Gasteiger partial charge >= 0.3 is 0 Å². The smallest absolute Gasteiger partial charge is 0.0586 e. The van der Waals surface area contributed by atoms with Crippen LogP contribution in [0.3, 0.4) is 0 Å². The molecule has 0 heterocycles. The molecule has 2 atom stereocenters. The fourth-order valence-electron chi connectivity index (χ4n) is 5.95. The second kappa shape index (κ2) is 15.9. The minimum atomic E-state index is -0.260. The van der Waals surface area contributed by atoms with E-state index in [9.17, 15) is 10.2 Å². The number of hydrogen-bond acceptors (Lipinski definition) is 2. The van der Waals surface area contributed by atoms with E-state index < -0.39 is 0 Å². The molecule has 0 bridgehead atoms. The first-order chi connectivity index (χ1) is 19.6. The molecule has 0 aliphatic heterocycles. The lowest BCUT2D eigenvalue weighted by molar-refractivity contribution is 0.116. The molecule has 42 heavy (non-hydrogen) atoms. The number of hydrogen-bond donors (Lipinski definition) is 2. The van der Waals surface area contributed by atoms with Crippen LogP contribution in [0.15, 0.2) is 117 Å². The van der Waals surface area contributed by atoms with E-state index in [1.807, 2.05) is 19.1 Å². The van der Waals surface area contributed by atoms with E-state index in [1.54, 1.807) is 0 Å². The number of allylic oxidation sites excluding steroid dienone is 18. The fraction of sp³-hybridized carbons (Fsp3) is 0.450. The average Bonchev–Trinajstić information content (AvgIpc) is 2.84. The normalized spacial score (nSPS) is 24.5. The van der Waals surface area contributed by atoms with Crippen molar-refractivity contribution in [1.29, 1.82) is 0 Å². The highest BCUT2D eigenvalue weighted by Crippen LogP contribution is 2.41. The van der Waals surface area contributed by atoms with E-state index in [-0.39, 0.29) is 23.0 Å². The molecule has 2 aliphatic carbocycles. The Balaban J connectivity index is 1.92. The fourth-order valence-corrected chi connectivity index (χ4v) is 5.95. The molecule has 0 saturated heterocycles. The van der Waals surface area contributed by atoms with E-state index >= 15 is 0 Å². The lowest BCUT2D eigenvalue weighted by Gasteiger charge is -2.35. The molecular formula is C40H54O2. The Morgan fingerprint density at radius 2 is 1.14 bits per heavy atom. The molecule has 2 nitrogen and oxygen atoms in total. The van der Waals surface area contributed by atoms with E-state index in [0.29, 0.717) is 0 Å². The van der Waals surface area contributed by atoms with Crippen LogP contribution in [0.25, 0.3) is 0 Å². The van der Waals surface area contributed by atoms with Gasteiger partial charge in [0.1, 0.15) is 0 Å². The minimum Gasteiger partial charge on any atom is -0.393 e. The third-order valence-corrected chi connectivity index (χ3v) is 8.02. The summed E-state index contributed by atoms with van der Waals surface area (Å²) in [5, 5.41) is 20.2. The molecule has 0 aromatic carbocycles. The van der Waals surface area contributed by atoms with Crippen LogP contribution in [0.2, 0.25) is 0 Å². The number of aliphatic hydroxyl groups excluding tert-OH is 2. The molecule has 2 aliphatic rings. The molecule has 0 amide bonds. The van der Waals surface area contributed by atoms with Gasteiger partial charge in [0.05, 0.1) is 12.2 Å². The Morgan fingerprint density at radius 1 is 0.667 bits per heavy atom. The first-order valence-corrected chi connectivity index (χ1v) is 15.3. The van der Waals surface area contributed by atoms with Crippen LogP contribution in [0.4, 0.5) is 0 Å². The highest BCUT2D eigenvalue weighted by molar-refractivity contribution is 5.45. The molecule has 0 spiro atoms. The van der Waals surface area contributed by atoms with Gasteiger partial charge in [0.2, 0.25) is 0 Å². The van der Waals surface area contributed by atoms with Gasteiger partial charge in [-0.25, -0.2) is 0 Å². The van der Waals surface area contributed by atoms with Gasteiger partial charge in [-0.05, 0) is 83.8 Å². The molecule has 2 N–H and O–H groups in total. The van der Waals surface area contributed by atoms with Crippen molar-refractivity contribution in [3.63, 3.8) is 0 Å². The van der Waals surface area contributed by atoms with Crippen LogP contribution < -0.4 is 0 Å². The van der Waals surface area contributed by atoms with Gasteiger partial charge in [0.25, 0.3) is 0 Å². The molecule has 2 rings (SSSR count). The quantitative estimate of drug-likeness (QED) is 0.227. The maximum Gasteiger partial charge on any atom is 0.0586 e. The maximum atomic E-state index is 10.1. The van der Waals surface area contributed by atoms with Gasteiger partial charge in [0, 0.05) is 11.0 Å². The summed E-state index contributed by atoms with van der Waals surface area (Å²) in [7, 11) is 0. The molecular weight excluding hydrogens is 512 g/mol. The van der Waals surface area contributed by atoms with Crippen molar-refractivity contribution in [1.82, 2.24) is 0 Å². The first kappa shape index (κ1) is 35.1. The van der Waals surface area contributed by atoms with Crippen molar-refractivity contribution in [2.75, 3.05) is 0 Å². The van der Waals surface area contributed by atoms with Crippen molar-refractivity contribution in [2.45, 2.75) is 107 Å². The molecule has 0 unspecified atom stereocenters. The second-order valence-electron chi connectivity index (χ2n) is 13.5. The molecule has 0 aromatic rings. The molecule has 2 heteroatoms. The van der Waals surface area contributed by atoms with Crippen molar-refractivity contribution in [3.8, 4) is 11.8 Å². The Kier molecular flexibility index (Phi) is 13.3. The lowest BCUT2D eigenvalue weighted by Crippen LogP contribution is -2.28. The third-order valence-electron chi connectivity index (χ3n) is 8.02. The van der Waals surface area contributed by atoms with Crippen molar-refractivity contribution < 1.29 is 10.2 Å². The van der Waals surface area contributed by atoms with Crippen LogP contribution in [0.1, 0.15) is 94.9 Å². The molecule has 0 radical (unpaired) electrons. The highest BCUT2D eigenvalue weighted by atomic mass is 16.3. The predicted molar refractivity (Wildman–Crippen MR) is 183 cm³/mol. The third kappa shape index (κ3) is 11.6. The summed E-state index contributed by atoms with van der Waals surface area (Å²) in [6.07, 6.45) is 27.8. The summed E-state index contributed by atoms with van der Waals surface area (Å²) in [5.41, 5.74) is 9.48. The van der Waals surface area contributed by atoms with Gasteiger partial charge in [-0.1, -0.05) is 140 Å². The molecule has 226 valence electrons. The largest absolute Gasteiger partial charge is 0.393 e. The molecule has 0 aromatic heterocycles. The zero-order valence-corrected chi connectivity index (χ0v) is 27.8. The van der Waals surface area contributed by atoms with Gasteiger partial charge in [-0.15, -0.1) is 0 Å². The van der Waals surface area contributed by atoms with Gasteiger partial charge in [0.15, 0.2) is 0 Å². The standard InChI is InChI=1S/C40H54O2/c1-29(17-13-19-31(3)21-23-37-33(5)25-35(41)27-39(37,7)8)15-11-12-16-30(2)18-14-20-32(4)22-24-38-34(6)26-36(42)28-40(38,9)10/h11-21,23,35-36,41-42H,25-28H2,1-10H3/b12-11+,17-13+,18-14+,23-21+,29-15+,30-16+,31-19+,32-20+/t35-,36+/m1/s1. The van der Waals surface area contributed by atoms with Gasteiger partial charge in [-0.2, -0.15) is 0 Å². The SMILES string of the molecule is CC1=C(C#C/C(C)=C/C=C/C(C)=C/C=C/C=C(C)/C=C/C=C(C)/C=C/C2=C(C)C[C@@H](O)CC2(C)C)C(C)(C)C[C@@H](O)C1. The zero-order valence-electron chi connectivity index (χ0n) is 27.8. The Labute approximate surface area is 257 Å². The highest BCUT2D eigenvalue weighted by Gasteiger charge is 2.32. The summed E-state index contributed by atoms with van der Waals surface area (Å²) in [6.45, 7) is 21.3. The van der Waals surface area contributed by atoms with Crippen molar-refractivity contribution >= 4 is 0 Å². The van der Waals surface area contributed by atoms with Crippen LogP contribution in [-0.2, 0) is 0 Å².